The van der Waals surface area contributed by atoms with E-state index in [1.165, 1.54) is 31.8 Å². The average molecular weight is 507 g/mol. The van der Waals surface area contributed by atoms with Crippen molar-refractivity contribution >= 4 is 54.1 Å². The van der Waals surface area contributed by atoms with Gasteiger partial charge in [0.05, 0.1) is 50.3 Å². The van der Waals surface area contributed by atoms with E-state index in [0.29, 0.717) is 33.7 Å². The molecule has 0 saturated carbocycles. The summed E-state index contributed by atoms with van der Waals surface area (Å²) in [5.74, 6) is -0.0777. The lowest BCUT2D eigenvalue weighted by Gasteiger charge is -2.31. The Kier molecular flexibility index (Phi) is 6.63. The van der Waals surface area contributed by atoms with Crippen LogP contribution in [0.4, 0.5) is 5.95 Å². The van der Waals surface area contributed by atoms with Gasteiger partial charge in [-0.2, -0.15) is 0 Å². The van der Waals surface area contributed by atoms with Gasteiger partial charge in [0.15, 0.2) is 0 Å². The molecule has 182 valence electrons. The molecule has 39 heavy (non-hydrogen) atoms. The van der Waals surface area contributed by atoms with Gasteiger partial charge in [-0.3, -0.25) is 14.8 Å². The first kappa shape index (κ1) is 26.0. The zero-order valence-electron chi connectivity index (χ0n) is 20.7. The predicted molar refractivity (Wildman–Crippen MR) is 147 cm³/mol. The molecule has 5 aromatic rings. The van der Waals surface area contributed by atoms with Gasteiger partial charge >= 0.3 is 0 Å². The van der Waals surface area contributed by atoms with Gasteiger partial charge in [0, 0.05) is 34.5 Å². The number of aromatic nitrogens is 5. The molecule has 10 nitrogen and oxygen atoms in total. The fourth-order valence-electron chi connectivity index (χ4n) is 3.98. The third kappa shape index (κ3) is 4.97. The highest BCUT2D eigenvalue weighted by molar-refractivity contribution is 6.42. The lowest BCUT2D eigenvalue weighted by atomic mass is 9.49. The van der Waals surface area contributed by atoms with Crippen LogP contribution < -0.4 is 15.8 Å². The number of ether oxygens (including phenoxy) is 1. The maximum absolute atomic E-state index is 13.3. The number of anilines is 1. The number of nitrogens with two attached hydrogens (primary N) is 1. The summed E-state index contributed by atoms with van der Waals surface area (Å²) < 4.78 is 10.7. The summed E-state index contributed by atoms with van der Waals surface area (Å²) >= 11 is 0. The highest BCUT2D eigenvalue weighted by atomic mass is 16.5. The predicted octanol–water partition coefficient (Wildman–Crippen LogP) is 1.08. The molecule has 4 heterocycles. The van der Waals surface area contributed by atoms with Gasteiger partial charge in [0.2, 0.25) is 11.8 Å². The number of hydrogen-bond acceptors (Lipinski definition) is 9. The number of para-hydroxylation sites is 1. The van der Waals surface area contributed by atoms with Crippen LogP contribution in [-0.2, 0) is 10.6 Å². The summed E-state index contributed by atoms with van der Waals surface area (Å²) in [5.41, 5.74) is 7.44. The molecule has 14 heteroatoms. The molecule has 0 aliphatic heterocycles. The third-order valence-electron chi connectivity index (χ3n) is 5.95. The molecule has 0 fully saturated rings. The topological polar surface area (TPSA) is 142 Å². The smallest absolute Gasteiger partial charge is 0.270 e. The first-order valence-corrected chi connectivity index (χ1v) is 11.5. The summed E-state index contributed by atoms with van der Waals surface area (Å²) in [6.45, 7) is 0. The van der Waals surface area contributed by atoms with Crippen molar-refractivity contribution in [2.75, 3.05) is 12.8 Å². The molecular weight excluding hydrogens is 490 g/mol. The van der Waals surface area contributed by atoms with Crippen LogP contribution in [0.25, 0.3) is 22.4 Å². The van der Waals surface area contributed by atoms with E-state index in [2.05, 4.69) is 30.2 Å². The van der Waals surface area contributed by atoms with E-state index in [1.807, 2.05) is 0 Å². The zero-order chi connectivity index (χ0) is 27.8. The number of hydrogen-bond donors (Lipinski definition) is 2. The molecule has 0 aliphatic carbocycles. The number of nitrogen functional groups attached to an aromatic ring is 1. The highest BCUT2D eigenvalue weighted by Crippen LogP contribution is 2.29. The maximum Gasteiger partial charge on any atom is 0.270 e. The minimum absolute atomic E-state index is 0.0470. The molecule has 5 rings (SSSR count). The zero-order valence-corrected chi connectivity index (χ0v) is 20.7. The number of pyridine rings is 2. The molecule has 4 aromatic heterocycles. The van der Waals surface area contributed by atoms with E-state index < -0.39 is 16.5 Å². The van der Waals surface area contributed by atoms with Crippen LogP contribution in [0.1, 0.15) is 27.4 Å². The normalized spacial score (nSPS) is 11.8. The Labute approximate surface area is 228 Å². The standard InChI is InChI=1S/C25H17B4N7O3/c1-38-16-5-2-4-15-19(16)34-23(30)35-20(15)21(37)36-25(28,29)18-7-3-6-17(33-18)24(26,27)14-10-13(11-31-12-14)22-32-8-9-39-22/h2-12H,1H3,(H,36,37)(H2,30,34,35). The lowest BCUT2D eigenvalue weighted by Crippen LogP contribution is -2.48. The summed E-state index contributed by atoms with van der Waals surface area (Å²) in [5, 5.41) is -0.630. The number of carbonyl (C=O) groups is 1. The number of rotatable bonds is 7. The molecule has 3 N–H and O–H groups in total. The summed E-state index contributed by atoms with van der Waals surface area (Å²) in [6.07, 6.45) is 6.02. The fraction of sp³-hybridized carbons (Fsp3) is 0.120. The highest BCUT2D eigenvalue weighted by Gasteiger charge is 2.30. The van der Waals surface area contributed by atoms with Crippen molar-refractivity contribution < 1.29 is 13.9 Å². The van der Waals surface area contributed by atoms with Crippen LogP contribution >= 0.6 is 0 Å². The lowest BCUT2D eigenvalue weighted by molar-refractivity contribution is 0.0938. The number of nitrogens with one attached hydrogen (secondary N) is 1. The molecule has 8 radical (unpaired) electrons. The summed E-state index contributed by atoms with van der Waals surface area (Å²) in [6, 6.07) is 11.4. The van der Waals surface area contributed by atoms with Crippen molar-refractivity contribution in [3.8, 4) is 17.2 Å². The molecule has 1 amide bonds. The van der Waals surface area contributed by atoms with Crippen LogP contribution in [-0.4, -0.2) is 69.3 Å². The minimum atomic E-state index is -1.95. The number of methoxy groups -OCH3 is 1. The molecule has 1 aromatic carbocycles. The van der Waals surface area contributed by atoms with Gasteiger partial charge < -0.3 is 20.2 Å². The Hall–Kier alpha value is -4.60. The first-order valence-electron chi connectivity index (χ1n) is 11.5. The number of fused-ring (bicyclic) bond motifs is 1. The summed E-state index contributed by atoms with van der Waals surface area (Å²) in [4.78, 5) is 34.4. The van der Waals surface area contributed by atoms with Crippen LogP contribution in [0.2, 0.25) is 0 Å². The number of amides is 1. The van der Waals surface area contributed by atoms with Gasteiger partial charge in [-0.1, -0.05) is 18.2 Å². The van der Waals surface area contributed by atoms with Crippen molar-refractivity contribution in [1.82, 2.24) is 30.2 Å². The molecular formula is C25H17B4N7O3. The first-order chi connectivity index (χ1) is 18.6. The molecule has 0 spiro atoms. The third-order valence-corrected chi connectivity index (χ3v) is 5.95. The molecule has 0 unspecified atom stereocenters. The van der Waals surface area contributed by atoms with Gasteiger partial charge in [-0.25, -0.2) is 15.0 Å². The SMILES string of the molecule is [B]C([B])(NC(=O)c1nc(N)nc2c(OC)cccc12)c1cccc(C([B])([B])c2cncc(-c3ncco3)c2)n1. The molecule has 0 atom stereocenters. The van der Waals surface area contributed by atoms with Crippen LogP contribution in [0.3, 0.4) is 0 Å². The van der Waals surface area contributed by atoms with Crippen LogP contribution in [0.5, 0.6) is 5.75 Å². The molecule has 0 aliphatic rings. The number of oxazole rings is 1. The van der Waals surface area contributed by atoms with Gasteiger partial charge in [0.1, 0.15) is 23.2 Å². The van der Waals surface area contributed by atoms with Crippen LogP contribution in [0, 0.1) is 0 Å². The van der Waals surface area contributed by atoms with E-state index in [9.17, 15) is 4.79 Å². The Morgan fingerprint density at radius 2 is 1.79 bits per heavy atom. The number of benzene rings is 1. The Bertz CT molecular complexity index is 1680. The van der Waals surface area contributed by atoms with Gasteiger partial charge in [0.25, 0.3) is 5.91 Å². The van der Waals surface area contributed by atoms with Crippen molar-refractivity contribution in [1.29, 1.82) is 0 Å². The number of nitrogens with zero attached hydrogens (tertiary/aromatic N) is 5. The monoisotopic (exact) mass is 507 g/mol. The van der Waals surface area contributed by atoms with Crippen LogP contribution in [0.15, 0.2) is 71.7 Å². The quantitative estimate of drug-likeness (QED) is 0.310. The van der Waals surface area contributed by atoms with Gasteiger partial charge in [-0.05, 0) is 35.0 Å². The Morgan fingerprint density at radius 3 is 2.54 bits per heavy atom. The van der Waals surface area contributed by atoms with Crippen molar-refractivity contribution in [2.45, 2.75) is 10.6 Å². The van der Waals surface area contributed by atoms with E-state index >= 15 is 0 Å². The largest absolute Gasteiger partial charge is 0.494 e. The Balaban J connectivity index is 1.46. The van der Waals surface area contributed by atoms with E-state index in [0.717, 1.165) is 0 Å². The average Bonchev–Trinajstić information content (AvgIpc) is 3.47. The van der Waals surface area contributed by atoms with Crippen molar-refractivity contribution in [3.63, 3.8) is 0 Å². The van der Waals surface area contributed by atoms with Gasteiger partial charge in [-0.15, -0.1) is 0 Å². The second-order valence-corrected chi connectivity index (χ2v) is 8.69. The minimum Gasteiger partial charge on any atom is -0.494 e. The maximum atomic E-state index is 13.3. The molecule has 0 saturated heterocycles. The number of carbonyl (C=O) groups excluding carboxylic acids is 1. The Morgan fingerprint density at radius 1 is 1.03 bits per heavy atom. The van der Waals surface area contributed by atoms with Crippen molar-refractivity contribution in [2.24, 2.45) is 0 Å². The molecule has 0 bridgehead atoms. The van der Waals surface area contributed by atoms with E-state index in [-0.39, 0.29) is 23.0 Å². The second kappa shape index (κ2) is 9.94. The van der Waals surface area contributed by atoms with E-state index in [4.69, 9.17) is 46.3 Å². The second-order valence-electron chi connectivity index (χ2n) is 8.69. The summed E-state index contributed by atoms with van der Waals surface area (Å²) in [7, 11) is 27.1. The van der Waals surface area contributed by atoms with E-state index in [1.54, 1.807) is 42.6 Å². The van der Waals surface area contributed by atoms with Crippen molar-refractivity contribution in [3.05, 3.63) is 90.0 Å². The fourth-order valence-corrected chi connectivity index (χ4v) is 3.98.